The number of carbonyl (C=O) groups is 1. The Morgan fingerprint density at radius 3 is 2.65 bits per heavy atom. The van der Waals surface area contributed by atoms with Crippen LogP contribution in [0.1, 0.15) is 15.5 Å². The fourth-order valence-corrected chi connectivity index (χ4v) is 2.86. The molecule has 1 amide bonds. The molecular weight excluding hydrogens is 300 g/mol. The summed E-state index contributed by atoms with van der Waals surface area (Å²) in [5, 5.41) is 9.74. The number of sulfonamides is 1. The normalized spacial score (nSPS) is 11.3. The maximum Gasteiger partial charge on any atom is 0.275 e. The number of benzene rings is 1. The lowest BCUT2D eigenvalue weighted by molar-refractivity contribution is 0.102. The molecule has 0 atom stereocenters. The fraction of sp³-hybridized carbons (Fsp3) is 0.0909. The fourth-order valence-electron chi connectivity index (χ4n) is 1.51. The molecule has 0 aliphatic heterocycles. The van der Waals surface area contributed by atoms with E-state index in [1.54, 1.807) is 11.4 Å². The van der Waals surface area contributed by atoms with Crippen molar-refractivity contribution in [2.75, 3.05) is 5.32 Å². The number of para-hydroxylation sites is 1. The maximum atomic E-state index is 12.0. The van der Waals surface area contributed by atoms with E-state index in [1.165, 1.54) is 29.5 Å². The van der Waals surface area contributed by atoms with Gasteiger partial charge in [0, 0.05) is 11.9 Å². The van der Waals surface area contributed by atoms with Gasteiger partial charge in [0.2, 0.25) is 10.0 Å². The summed E-state index contributed by atoms with van der Waals surface area (Å²) in [5.74, 6) is -0.517. The zero-order valence-electron chi connectivity index (χ0n) is 10.2. The number of primary sulfonamides is 1. The van der Waals surface area contributed by atoms with Crippen LogP contribution in [0.4, 0.5) is 5.69 Å². The Morgan fingerprint density at radius 2 is 2.05 bits per heavy atom. The summed E-state index contributed by atoms with van der Waals surface area (Å²) in [4.78, 5) is 15.8. The largest absolute Gasteiger partial charge is 0.325 e. The quantitative estimate of drug-likeness (QED) is 0.757. The number of nitrogens with one attached hydrogen (secondary N) is 1. The number of hydrogen-bond donors (Lipinski definition) is 3. The van der Waals surface area contributed by atoms with Crippen LogP contribution in [0, 0.1) is 0 Å². The molecule has 2 rings (SSSR count). The number of thiazole rings is 1. The summed E-state index contributed by atoms with van der Waals surface area (Å²) in [6, 6.07) is 5.88. The molecule has 0 saturated carbocycles. The van der Waals surface area contributed by atoms with Crippen molar-refractivity contribution in [3.05, 3.63) is 40.3 Å². The predicted molar refractivity (Wildman–Crippen MR) is 75.8 cm³/mol. The molecule has 5 N–H and O–H groups in total. The smallest absolute Gasteiger partial charge is 0.275 e. The monoisotopic (exact) mass is 312 g/mol. The summed E-state index contributed by atoms with van der Waals surface area (Å²) in [7, 11) is -3.91. The van der Waals surface area contributed by atoms with Gasteiger partial charge in [-0.3, -0.25) is 4.79 Å². The molecule has 1 aromatic carbocycles. The van der Waals surface area contributed by atoms with Crippen molar-refractivity contribution < 1.29 is 13.2 Å². The highest BCUT2D eigenvalue weighted by Crippen LogP contribution is 2.20. The molecule has 20 heavy (non-hydrogen) atoms. The number of amides is 1. The summed E-state index contributed by atoms with van der Waals surface area (Å²) in [6.45, 7) is 0.242. The van der Waals surface area contributed by atoms with Crippen LogP contribution in [0.5, 0.6) is 0 Å². The van der Waals surface area contributed by atoms with Crippen LogP contribution in [0.15, 0.2) is 34.5 Å². The Labute approximate surface area is 119 Å². The van der Waals surface area contributed by atoms with Crippen LogP contribution in [0.3, 0.4) is 0 Å². The number of carbonyl (C=O) groups excluding carboxylic acids is 1. The van der Waals surface area contributed by atoms with E-state index in [2.05, 4.69) is 10.3 Å². The van der Waals surface area contributed by atoms with Crippen LogP contribution in [0.2, 0.25) is 0 Å². The lowest BCUT2D eigenvalue weighted by Crippen LogP contribution is -2.18. The van der Waals surface area contributed by atoms with Crippen LogP contribution >= 0.6 is 11.3 Å². The van der Waals surface area contributed by atoms with E-state index in [0.717, 1.165) is 0 Å². The molecule has 1 aromatic heterocycles. The van der Waals surface area contributed by atoms with Crippen molar-refractivity contribution in [3.63, 3.8) is 0 Å². The third kappa shape index (κ3) is 3.20. The summed E-state index contributed by atoms with van der Waals surface area (Å²) in [5.41, 5.74) is 5.71. The molecule has 0 bridgehead atoms. The summed E-state index contributed by atoms with van der Waals surface area (Å²) < 4.78 is 22.8. The number of nitrogens with two attached hydrogens (primary N) is 2. The molecule has 1 heterocycles. The van der Waals surface area contributed by atoms with Gasteiger partial charge in [0.25, 0.3) is 5.91 Å². The SMILES string of the molecule is NCc1nc(C(=O)Nc2ccccc2S(N)(=O)=O)cs1. The molecule has 2 aromatic rings. The van der Waals surface area contributed by atoms with E-state index in [0.29, 0.717) is 5.01 Å². The predicted octanol–water partition coefficient (Wildman–Crippen LogP) is 0.501. The van der Waals surface area contributed by atoms with E-state index >= 15 is 0 Å². The lowest BCUT2D eigenvalue weighted by atomic mass is 10.3. The molecule has 0 radical (unpaired) electrons. The second-order valence-electron chi connectivity index (χ2n) is 3.83. The molecule has 0 fully saturated rings. The van der Waals surface area contributed by atoms with Crippen molar-refractivity contribution in [3.8, 4) is 0 Å². The Kier molecular flexibility index (Phi) is 4.14. The van der Waals surface area contributed by atoms with Gasteiger partial charge in [-0.25, -0.2) is 18.5 Å². The highest BCUT2D eigenvalue weighted by molar-refractivity contribution is 7.89. The minimum absolute atomic E-state index is 0.113. The van der Waals surface area contributed by atoms with Crippen LogP contribution in [-0.4, -0.2) is 19.3 Å². The minimum atomic E-state index is -3.91. The van der Waals surface area contributed by atoms with Gasteiger partial charge in [0.1, 0.15) is 15.6 Å². The van der Waals surface area contributed by atoms with Crippen molar-refractivity contribution in [2.45, 2.75) is 11.4 Å². The molecule has 9 heteroatoms. The van der Waals surface area contributed by atoms with E-state index in [9.17, 15) is 13.2 Å². The van der Waals surface area contributed by atoms with Gasteiger partial charge in [-0.2, -0.15) is 0 Å². The second kappa shape index (κ2) is 5.67. The zero-order valence-corrected chi connectivity index (χ0v) is 11.9. The van der Waals surface area contributed by atoms with E-state index in [-0.39, 0.29) is 22.8 Å². The lowest BCUT2D eigenvalue weighted by Gasteiger charge is -2.08. The number of nitrogens with zero attached hydrogens (tertiary/aromatic N) is 1. The molecule has 106 valence electrons. The van der Waals surface area contributed by atoms with Crippen molar-refractivity contribution in [1.29, 1.82) is 0 Å². The molecule has 0 aliphatic rings. The van der Waals surface area contributed by atoms with Crippen molar-refractivity contribution >= 4 is 33.0 Å². The van der Waals surface area contributed by atoms with Gasteiger partial charge in [-0.05, 0) is 12.1 Å². The van der Waals surface area contributed by atoms with Crippen molar-refractivity contribution in [2.24, 2.45) is 10.9 Å². The third-order valence-electron chi connectivity index (χ3n) is 2.40. The number of anilines is 1. The molecule has 0 aliphatic carbocycles. The second-order valence-corrected chi connectivity index (χ2v) is 6.30. The maximum absolute atomic E-state index is 12.0. The average Bonchev–Trinajstić information content (AvgIpc) is 2.87. The standard InChI is InChI=1S/C11H12N4O3S2/c12-5-10-14-8(6-19-10)11(16)15-7-3-1-2-4-9(7)20(13,17)18/h1-4,6H,5,12H2,(H,15,16)(H2,13,17,18). The highest BCUT2D eigenvalue weighted by Gasteiger charge is 2.17. The van der Waals surface area contributed by atoms with Gasteiger partial charge in [-0.1, -0.05) is 12.1 Å². The number of hydrogen-bond acceptors (Lipinski definition) is 6. The van der Waals surface area contributed by atoms with Gasteiger partial charge in [0.05, 0.1) is 5.69 Å². The first-order valence-corrected chi connectivity index (χ1v) is 7.92. The van der Waals surface area contributed by atoms with Crippen LogP contribution in [-0.2, 0) is 16.6 Å². The first-order chi connectivity index (χ1) is 9.41. The molecule has 0 saturated heterocycles. The number of aromatic nitrogens is 1. The Balaban J connectivity index is 2.29. The van der Waals surface area contributed by atoms with Gasteiger partial charge in [-0.15, -0.1) is 11.3 Å². The third-order valence-corrected chi connectivity index (χ3v) is 4.24. The van der Waals surface area contributed by atoms with Crippen molar-refractivity contribution in [1.82, 2.24) is 4.98 Å². The average molecular weight is 312 g/mol. The first-order valence-electron chi connectivity index (χ1n) is 5.49. The van der Waals surface area contributed by atoms with E-state index in [4.69, 9.17) is 10.9 Å². The minimum Gasteiger partial charge on any atom is -0.325 e. The Bertz CT molecular complexity index is 740. The topological polar surface area (TPSA) is 128 Å². The summed E-state index contributed by atoms with van der Waals surface area (Å²) in [6.07, 6.45) is 0. The van der Waals surface area contributed by atoms with Crippen LogP contribution in [0.25, 0.3) is 0 Å². The molecule has 0 spiro atoms. The zero-order chi connectivity index (χ0) is 14.8. The van der Waals surface area contributed by atoms with Crippen LogP contribution < -0.4 is 16.2 Å². The van der Waals surface area contributed by atoms with Gasteiger partial charge < -0.3 is 11.1 Å². The number of rotatable bonds is 4. The molecular formula is C11H12N4O3S2. The van der Waals surface area contributed by atoms with Gasteiger partial charge >= 0.3 is 0 Å². The highest BCUT2D eigenvalue weighted by atomic mass is 32.2. The van der Waals surface area contributed by atoms with Gasteiger partial charge in [0.15, 0.2) is 0 Å². The van der Waals surface area contributed by atoms with E-state index in [1.807, 2.05) is 0 Å². The Hall–Kier alpha value is -1.81. The molecule has 0 unspecified atom stereocenters. The molecule has 7 nitrogen and oxygen atoms in total. The van der Waals surface area contributed by atoms with E-state index < -0.39 is 15.9 Å². The summed E-state index contributed by atoms with van der Waals surface area (Å²) >= 11 is 1.26. The Morgan fingerprint density at radius 1 is 1.35 bits per heavy atom. The first kappa shape index (κ1) is 14.6.